The fraction of sp³-hybridized carbons (Fsp3) is 0.550. The van der Waals surface area contributed by atoms with Gasteiger partial charge >= 0.3 is 0 Å². The summed E-state index contributed by atoms with van der Waals surface area (Å²) in [6.45, 7) is 1.30. The fourth-order valence-corrected chi connectivity index (χ4v) is 4.25. The maximum atomic E-state index is 12.8. The SMILES string of the molecule is NC(=O)c1ccc(C(=O)N2CCCC(c3n[nH]c(C4CCCCC4)n3)C2)cn1. The third-order valence-corrected chi connectivity index (χ3v) is 5.85. The number of hydrogen-bond acceptors (Lipinski definition) is 5. The summed E-state index contributed by atoms with van der Waals surface area (Å²) in [5.74, 6) is 1.77. The van der Waals surface area contributed by atoms with Crippen molar-refractivity contribution < 1.29 is 9.59 Å². The molecule has 2 fully saturated rings. The number of nitrogens with zero attached hydrogens (tertiary/aromatic N) is 4. The zero-order valence-electron chi connectivity index (χ0n) is 15.9. The molecule has 2 amide bonds. The van der Waals surface area contributed by atoms with Gasteiger partial charge in [0.2, 0.25) is 0 Å². The predicted octanol–water partition coefficient (Wildman–Crippen LogP) is 2.37. The molecule has 2 aliphatic rings. The highest BCUT2D eigenvalue weighted by Crippen LogP contribution is 2.32. The van der Waals surface area contributed by atoms with E-state index < -0.39 is 5.91 Å². The molecule has 1 aliphatic carbocycles. The Bertz CT molecular complexity index is 841. The van der Waals surface area contributed by atoms with Crippen LogP contribution in [-0.4, -0.2) is 50.0 Å². The normalized spacial score (nSPS) is 20.9. The van der Waals surface area contributed by atoms with Crippen LogP contribution in [0.25, 0.3) is 0 Å². The van der Waals surface area contributed by atoms with E-state index in [-0.39, 0.29) is 17.5 Å². The van der Waals surface area contributed by atoms with Crippen LogP contribution in [0.2, 0.25) is 0 Å². The van der Waals surface area contributed by atoms with Gasteiger partial charge in [-0.05, 0) is 37.8 Å². The van der Waals surface area contributed by atoms with Crippen molar-refractivity contribution in [1.29, 1.82) is 0 Å². The number of carbonyl (C=O) groups is 2. The molecule has 1 atom stereocenters. The van der Waals surface area contributed by atoms with Gasteiger partial charge in [0.1, 0.15) is 11.5 Å². The molecule has 2 aromatic heterocycles. The minimum absolute atomic E-state index is 0.0868. The smallest absolute Gasteiger partial charge is 0.267 e. The Morgan fingerprint density at radius 1 is 1.07 bits per heavy atom. The summed E-state index contributed by atoms with van der Waals surface area (Å²) in [5.41, 5.74) is 5.83. The van der Waals surface area contributed by atoms with Crippen molar-refractivity contribution in [3.8, 4) is 0 Å². The zero-order valence-corrected chi connectivity index (χ0v) is 15.9. The molecule has 1 aliphatic heterocycles. The quantitative estimate of drug-likeness (QED) is 0.841. The standard InChI is InChI=1S/C20H26N6O2/c21-17(27)16-9-8-14(11-22-16)20(28)26-10-4-7-15(12-26)19-23-18(24-25-19)13-5-2-1-3-6-13/h8-9,11,13,15H,1-7,10,12H2,(H2,21,27)(H,23,24,25). The van der Waals surface area contributed by atoms with Crippen LogP contribution in [0.1, 0.15) is 89.3 Å². The van der Waals surface area contributed by atoms with E-state index in [0.717, 1.165) is 24.5 Å². The Labute approximate surface area is 163 Å². The number of amides is 2. The molecule has 28 heavy (non-hydrogen) atoms. The Balaban J connectivity index is 1.43. The molecule has 0 bridgehead atoms. The highest BCUT2D eigenvalue weighted by atomic mass is 16.2. The molecular weight excluding hydrogens is 356 g/mol. The molecule has 1 saturated heterocycles. The number of primary amides is 1. The van der Waals surface area contributed by atoms with E-state index in [0.29, 0.717) is 24.6 Å². The first-order valence-electron chi connectivity index (χ1n) is 10.1. The summed E-state index contributed by atoms with van der Waals surface area (Å²) in [6, 6.07) is 3.09. The first kappa shape index (κ1) is 18.6. The Morgan fingerprint density at radius 2 is 1.86 bits per heavy atom. The van der Waals surface area contributed by atoms with E-state index in [4.69, 9.17) is 10.7 Å². The number of piperidine rings is 1. The second-order valence-corrected chi connectivity index (χ2v) is 7.80. The lowest BCUT2D eigenvalue weighted by atomic mass is 9.89. The number of aromatic amines is 1. The van der Waals surface area contributed by atoms with Gasteiger partial charge in [0.05, 0.1) is 5.56 Å². The van der Waals surface area contributed by atoms with E-state index in [1.54, 1.807) is 6.07 Å². The van der Waals surface area contributed by atoms with Crippen molar-refractivity contribution in [3.63, 3.8) is 0 Å². The lowest BCUT2D eigenvalue weighted by Gasteiger charge is -2.31. The van der Waals surface area contributed by atoms with Gasteiger partial charge in [0.15, 0.2) is 5.82 Å². The molecular formula is C20H26N6O2. The van der Waals surface area contributed by atoms with Crippen LogP contribution in [0, 0.1) is 0 Å². The van der Waals surface area contributed by atoms with Gasteiger partial charge in [0.25, 0.3) is 11.8 Å². The van der Waals surface area contributed by atoms with Crippen LogP contribution in [-0.2, 0) is 0 Å². The maximum Gasteiger partial charge on any atom is 0.267 e. The molecule has 0 radical (unpaired) electrons. The largest absolute Gasteiger partial charge is 0.364 e. The highest BCUT2D eigenvalue weighted by Gasteiger charge is 2.29. The molecule has 8 nitrogen and oxygen atoms in total. The number of nitrogens with one attached hydrogen (secondary N) is 1. The minimum Gasteiger partial charge on any atom is -0.364 e. The summed E-state index contributed by atoms with van der Waals surface area (Å²) in [4.78, 5) is 34.6. The fourth-order valence-electron chi connectivity index (χ4n) is 4.25. The number of aromatic nitrogens is 4. The molecule has 0 aromatic carbocycles. The summed E-state index contributed by atoms with van der Waals surface area (Å²) in [7, 11) is 0. The van der Waals surface area contributed by atoms with Crippen LogP contribution in [0.3, 0.4) is 0 Å². The molecule has 3 N–H and O–H groups in total. The molecule has 3 heterocycles. The highest BCUT2D eigenvalue weighted by molar-refractivity contribution is 5.95. The molecule has 1 saturated carbocycles. The van der Waals surface area contributed by atoms with Crippen molar-refractivity contribution >= 4 is 11.8 Å². The van der Waals surface area contributed by atoms with Gasteiger partial charge in [-0.15, -0.1) is 0 Å². The first-order valence-corrected chi connectivity index (χ1v) is 10.1. The summed E-state index contributed by atoms with van der Waals surface area (Å²) < 4.78 is 0. The Hall–Kier alpha value is -2.77. The van der Waals surface area contributed by atoms with E-state index in [1.807, 2.05) is 4.90 Å². The summed E-state index contributed by atoms with van der Waals surface area (Å²) in [5, 5.41) is 7.62. The molecule has 4 rings (SSSR count). The van der Waals surface area contributed by atoms with Crippen molar-refractivity contribution in [2.45, 2.75) is 56.8 Å². The number of H-pyrrole nitrogens is 1. The third-order valence-electron chi connectivity index (χ3n) is 5.85. The molecule has 0 spiro atoms. The van der Waals surface area contributed by atoms with Gasteiger partial charge in [-0.1, -0.05) is 19.3 Å². The van der Waals surface area contributed by atoms with Crippen molar-refractivity contribution in [3.05, 3.63) is 41.2 Å². The van der Waals surface area contributed by atoms with Crippen LogP contribution in [0.15, 0.2) is 18.3 Å². The van der Waals surface area contributed by atoms with Gasteiger partial charge in [-0.2, -0.15) is 5.10 Å². The second kappa shape index (κ2) is 8.08. The molecule has 2 aromatic rings. The third kappa shape index (κ3) is 3.90. The predicted molar refractivity (Wildman–Crippen MR) is 103 cm³/mol. The number of carbonyl (C=O) groups excluding carboxylic acids is 2. The van der Waals surface area contributed by atoms with E-state index in [2.05, 4.69) is 15.2 Å². The van der Waals surface area contributed by atoms with Crippen LogP contribution in [0.4, 0.5) is 0 Å². The van der Waals surface area contributed by atoms with E-state index in [9.17, 15) is 9.59 Å². The number of nitrogens with two attached hydrogens (primary N) is 1. The zero-order chi connectivity index (χ0) is 19.5. The monoisotopic (exact) mass is 382 g/mol. The molecule has 8 heteroatoms. The lowest BCUT2D eigenvalue weighted by molar-refractivity contribution is 0.0703. The van der Waals surface area contributed by atoms with E-state index >= 15 is 0 Å². The lowest BCUT2D eigenvalue weighted by Crippen LogP contribution is -2.39. The molecule has 1 unspecified atom stereocenters. The van der Waals surface area contributed by atoms with Gasteiger partial charge < -0.3 is 10.6 Å². The summed E-state index contributed by atoms with van der Waals surface area (Å²) in [6.07, 6.45) is 9.49. The number of hydrogen-bond donors (Lipinski definition) is 2. The average Bonchev–Trinajstić information content (AvgIpc) is 3.24. The van der Waals surface area contributed by atoms with Crippen LogP contribution >= 0.6 is 0 Å². The Morgan fingerprint density at radius 3 is 2.57 bits per heavy atom. The molecule has 148 valence electrons. The first-order chi connectivity index (χ1) is 13.6. The van der Waals surface area contributed by atoms with Crippen molar-refractivity contribution in [2.24, 2.45) is 5.73 Å². The average molecular weight is 382 g/mol. The van der Waals surface area contributed by atoms with Crippen LogP contribution < -0.4 is 5.73 Å². The van der Waals surface area contributed by atoms with Crippen molar-refractivity contribution in [1.82, 2.24) is 25.1 Å². The maximum absolute atomic E-state index is 12.8. The Kier molecular flexibility index (Phi) is 5.36. The minimum atomic E-state index is -0.601. The van der Waals surface area contributed by atoms with Crippen LogP contribution in [0.5, 0.6) is 0 Å². The second-order valence-electron chi connectivity index (χ2n) is 7.80. The van der Waals surface area contributed by atoms with Gasteiger partial charge in [0, 0.05) is 31.1 Å². The topological polar surface area (TPSA) is 118 Å². The van der Waals surface area contributed by atoms with Gasteiger partial charge in [-0.25, -0.2) is 4.98 Å². The van der Waals surface area contributed by atoms with E-state index in [1.165, 1.54) is 44.4 Å². The van der Waals surface area contributed by atoms with Crippen molar-refractivity contribution in [2.75, 3.05) is 13.1 Å². The number of likely N-dealkylation sites (tertiary alicyclic amines) is 1. The number of rotatable bonds is 4. The number of pyridine rings is 1. The summed E-state index contributed by atoms with van der Waals surface area (Å²) >= 11 is 0. The van der Waals surface area contributed by atoms with Gasteiger partial charge in [-0.3, -0.25) is 19.7 Å².